The number of halogens is 1. The Hall–Kier alpha value is -0.830. The fraction of sp³-hybridized carbons (Fsp3) is 0.789. The summed E-state index contributed by atoms with van der Waals surface area (Å²) in [5.74, 6) is 3.08. The first-order valence-electron chi connectivity index (χ1n) is 9.52. The van der Waals surface area contributed by atoms with Gasteiger partial charge in [0.15, 0.2) is 5.96 Å². The third kappa shape index (κ3) is 4.35. The topological polar surface area (TPSA) is 63.5 Å². The van der Waals surface area contributed by atoms with Crippen molar-refractivity contribution in [1.82, 2.24) is 20.2 Å². The summed E-state index contributed by atoms with van der Waals surface area (Å²) in [5.41, 5.74) is 0.138. The van der Waals surface area contributed by atoms with Gasteiger partial charge in [0.1, 0.15) is 5.82 Å². The number of rotatable bonds is 5. The minimum absolute atomic E-state index is 0. The van der Waals surface area contributed by atoms with E-state index in [-0.39, 0.29) is 29.4 Å². The van der Waals surface area contributed by atoms with E-state index in [1.165, 1.54) is 6.42 Å². The molecule has 0 bridgehead atoms. The first kappa shape index (κ1) is 21.5. The Bertz CT molecular complexity index is 613. The van der Waals surface area contributed by atoms with Gasteiger partial charge in [-0.3, -0.25) is 4.99 Å². The van der Waals surface area contributed by atoms with E-state index >= 15 is 0 Å². The molecule has 3 rings (SSSR count). The number of aromatic nitrogens is 2. The Balaban J connectivity index is 0.00000243. The quantitative estimate of drug-likeness (QED) is 0.391. The van der Waals surface area contributed by atoms with Crippen LogP contribution in [0.4, 0.5) is 0 Å². The fourth-order valence-electron chi connectivity index (χ4n) is 4.39. The van der Waals surface area contributed by atoms with Crippen LogP contribution < -0.4 is 10.6 Å². The monoisotopic (exact) mass is 475 g/mol. The van der Waals surface area contributed by atoms with Gasteiger partial charge in [0.05, 0.1) is 12.6 Å². The van der Waals surface area contributed by atoms with Crippen molar-refractivity contribution in [3.63, 3.8) is 0 Å². The first-order valence-corrected chi connectivity index (χ1v) is 9.52. The van der Waals surface area contributed by atoms with E-state index in [1.54, 1.807) is 0 Å². The van der Waals surface area contributed by atoms with Crippen LogP contribution in [0.3, 0.4) is 0 Å². The summed E-state index contributed by atoms with van der Waals surface area (Å²) in [7, 11) is 1.83. The van der Waals surface area contributed by atoms with Crippen molar-refractivity contribution in [2.24, 2.45) is 22.2 Å². The molecule has 1 saturated carbocycles. The number of fused-ring (bicyclic) bond motifs is 1. The van der Waals surface area contributed by atoms with Crippen molar-refractivity contribution in [2.45, 2.75) is 65.8 Å². The molecule has 1 aliphatic heterocycles. The van der Waals surface area contributed by atoms with Gasteiger partial charge in [-0.15, -0.1) is 24.0 Å². The molecule has 2 heterocycles. The molecule has 0 amide bonds. The second-order valence-electron chi connectivity index (χ2n) is 8.36. The maximum Gasteiger partial charge on any atom is 0.191 e. The predicted octanol–water partition coefficient (Wildman–Crippen LogP) is 3.03. The average Bonchev–Trinajstić information content (AvgIpc) is 3.01. The molecule has 1 aromatic heterocycles. The fourth-order valence-corrected chi connectivity index (χ4v) is 4.39. The van der Waals surface area contributed by atoms with Crippen LogP contribution in [0.25, 0.3) is 0 Å². The Morgan fingerprint density at radius 1 is 1.46 bits per heavy atom. The van der Waals surface area contributed by atoms with Gasteiger partial charge in [0.2, 0.25) is 0 Å². The molecule has 148 valence electrons. The van der Waals surface area contributed by atoms with Crippen LogP contribution in [0.5, 0.6) is 0 Å². The lowest BCUT2D eigenvalue weighted by atomic mass is 9.55. The Kier molecular flexibility index (Phi) is 7.35. The molecule has 0 aromatic carbocycles. The highest BCUT2D eigenvalue weighted by atomic mass is 127. The molecule has 2 fully saturated rings. The van der Waals surface area contributed by atoms with E-state index in [4.69, 9.17) is 4.74 Å². The highest BCUT2D eigenvalue weighted by Gasteiger charge is 2.58. The van der Waals surface area contributed by atoms with Crippen LogP contribution in [0.15, 0.2) is 17.4 Å². The van der Waals surface area contributed by atoms with Crippen molar-refractivity contribution in [2.75, 3.05) is 13.7 Å². The molecule has 1 aliphatic carbocycles. The molecule has 6 nitrogen and oxygen atoms in total. The molecule has 26 heavy (non-hydrogen) atoms. The van der Waals surface area contributed by atoms with Crippen LogP contribution >= 0.6 is 24.0 Å². The summed E-state index contributed by atoms with van der Waals surface area (Å²) < 4.78 is 8.21. The second-order valence-corrected chi connectivity index (χ2v) is 8.36. The van der Waals surface area contributed by atoms with E-state index in [1.807, 2.05) is 19.4 Å². The summed E-state index contributed by atoms with van der Waals surface area (Å²) in [6.45, 7) is 11.6. The normalized spacial score (nSPS) is 27.3. The zero-order valence-corrected chi connectivity index (χ0v) is 19.0. The lowest BCUT2D eigenvalue weighted by Crippen LogP contribution is -2.71. The summed E-state index contributed by atoms with van der Waals surface area (Å²) in [5, 5.41) is 7.07. The summed E-state index contributed by atoms with van der Waals surface area (Å²) in [6, 6.07) is 0.402. The van der Waals surface area contributed by atoms with Crippen molar-refractivity contribution in [3.05, 3.63) is 18.2 Å². The number of guanidine groups is 1. The van der Waals surface area contributed by atoms with Crippen LogP contribution in [-0.2, 0) is 17.8 Å². The number of imidazole rings is 1. The molecule has 0 spiro atoms. The van der Waals surface area contributed by atoms with Gasteiger partial charge in [-0.25, -0.2) is 4.98 Å². The number of hydrogen-bond donors (Lipinski definition) is 2. The van der Waals surface area contributed by atoms with Crippen molar-refractivity contribution < 1.29 is 4.74 Å². The summed E-state index contributed by atoms with van der Waals surface area (Å²) in [6.07, 6.45) is 6.69. The van der Waals surface area contributed by atoms with Crippen LogP contribution in [0.2, 0.25) is 0 Å². The van der Waals surface area contributed by atoms with Gasteiger partial charge in [-0.2, -0.15) is 0 Å². The Morgan fingerprint density at radius 2 is 2.23 bits per heavy atom. The molecule has 1 aromatic rings. The Morgan fingerprint density at radius 3 is 2.92 bits per heavy atom. The number of ether oxygens (including phenoxy) is 1. The van der Waals surface area contributed by atoms with E-state index in [9.17, 15) is 0 Å². The average molecular weight is 475 g/mol. The van der Waals surface area contributed by atoms with Gasteiger partial charge in [-0.05, 0) is 18.8 Å². The molecular formula is C19H34IN5O. The van der Waals surface area contributed by atoms with Crippen LogP contribution in [0, 0.1) is 17.3 Å². The molecule has 2 aliphatic rings. The van der Waals surface area contributed by atoms with Crippen LogP contribution in [-0.4, -0.2) is 41.3 Å². The van der Waals surface area contributed by atoms with E-state index in [0.717, 1.165) is 31.4 Å². The largest absolute Gasteiger partial charge is 0.377 e. The highest BCUT2D eigenvalue weighted by molar-refractivity contribution is 14.0. The number of hydrogen-bond acceptors (Lipinski definition) is 3. The lowest BCUT2D eigenvalue weighted by Gasteiger charge is -2.60. The number of nitrogens with zero attached hydrogens (tertiary/aromatic N) is 3. The third-order valence-corrected chi connectivity index (χ3v) is 5.62. The first-order chi connectivity index (χ1) is 11.9. The lowest BCUT2D eigenvalue weighted by molar-refractivity contribution is -0.188. The maximum atomic E-state index is 6.00. The van der Waals surface area contributed by atoms with Gasteiger partial charge >= 0.3 is 0 Å². The summed E-state index contributed by atoms with van der Waals surface area (Å²) >= 11 is 0. The molecule has 7 heteroatoms. The van der Waals surface area contributed by atoms with Crippen molar-refractivity contribution in [1.29, 1.82) is 0 Å². The minimum atomic E-state index is 0. The standard InChI is InChI=1S/C19H33N5O.HI/c1-13(2)12-24-9-8-21-15(24)11-22-18(20-5)23-16-14-7-6-10-25-17(14)19(16,3)4;/h8-9,13-14,16-17H,6-7,10-12H2,1-5H3,(H2,20,22,23);1H. The van der Waals surface area contributed by atoms with Gasteiger partial charge in [-0.1, -0.05) is 27.7 Å². The van der Waals surface area contributed by atoms with Crippen molar-refractivity contribution in [3.8, 4) is 0 Å². The van der Waals surface area contributed by atoms with Gasteiger partial charge in [0, 0.05) is 50.0 Å². The highest BCUT2D eigenvalue weighted by Crippen LogP contribution is 2.51. The molecule has 0 radical (unpaired) electrons. The van der Waals surface area contributed by atoms with Crippen molar-refractivity contribution >= 4 is 29.9 Å². The smallest absolute Gasteiger partial charge is 0.191 e. The SMILES string of the molecule is CN=C(NCc1nccn1CC(C)C)NC1C2CCCOC2C1(C)C.I. The maximum absolute atomic E-state index is 6.00. The summed E-state index contributed by atoms with van der Waals surface area (Å²) in [4.78, 5) is 8.90. The predicted molar refractivity (Wildman–Crippen MR) is 116 cm³/mol. The number of aliphatic imine (C=N–C) groups is 1. The molecule has 1 saturated heterocycles. The third-order valence-electron chi connectivity index (χ3n) is 5.62. The zero-order valence-electron chi connectivity index (χ0n) is 16.7. The van der Waals surface area contributed by atoms with E-state index in [0.29, 0.717) is 30.5 Å². The molecular weight excluding hydrogens is 441 g/mol. The zero-order chi connectivity index (χ0) is 18.0. The Labute approximate surface area is 174 Å². The molecule has 3 unspecified atom stereocenters. The number of nitrogens with one attached hydrogen (secondary N) is 2. The van der Waals surface area contributed by atoms with Gasteiger partial charge < -0.3 is 19.9 Å². The van der Waals surface area contributed by atoms with Crippen LogP contribution in [0.1, 0.15) is 46.4 Å². The van der Waals surface area contributed by atoms with E-state index < -0.39 is 0 Å². The van der Waals surface area contributed by atoms with Gasteiger partial charge in [0.25, 0.3) is 0 Å². The molecule has 2 N–H and O–H groups in total. The minimum Gasteiger partial charge on any atom is -0.377 e. The molecule has 3 atom stereocenters. The van der Waals surface area contributed by atoms with E-state index in [2.05, 4.69) is 52.9 Å². The second kappa shape index (κ2) is 8.91.